The fourth-order valence-electron chi connectivity index (χ4n) is 0.900. The third-order valence-corrected chi connectivity index (χ3v) is 1.38. The van der Waals surface area contributed by atoms with Crippen molar-refractivity contribution in [2.45, 2.75) is 33.0 Å². The zero-order chi connectivity index (χ0) is 10.3. The summed E-state index contributed by atoms with van der Waals surface area (Å²) in [5.41, 5.74) is 0. The Kier molecular flexibility index (Phi) is 6.54. The topological polar surface area (TPSA) is 44.8 Å². The molecule has 0 radical (unpaired) electrons. The molecule has 4 heteroatoms. The first-order chi connectivity index (χ1) is 6.06. The van der Waals surface area contributed by atoms with E-state index in [0.29, 0.717) is 13.2 Å². The van der Waals surface area contributed by atoms with E-state index in [-0.39, 0.29) is 18.2 Å². The van der Waals surface area contributed by atoms with Crippen molar-refractivity contribution in [1.29, 1.82) is 0 Å². The molecule has 13 heavy (non-hydrogen) atoms. The highest BCUT2D eigenvalue weighted by Gasteiger charge is 2.08. The number of carbonyl (C=O) groups is 1. The lowest BCUT2D eigenvalue weighted by Gasteiger charge is -2.16. The average Bonchev–Trinajstić information content (AvgIpc) is 2.00. The number of hydrogen-bond acceptors (Lipinski definition) is 4. The van der Waals surface area contributed by atoms with Crippen LogP contribution in [0.4, 0.5) is 0 Å². The van der Waals surface area contributed by atoms with Gasteiger partial charge in [0, 0.05) is 14.0 Å². The number of methoxy groups -OCH3 is 1. The molecule has 4 nitrogen and oxygen atoms in total. The van der Waals surface area contributed by atoms with Gasteiger partial charge in [-0.3, -0.25) is 4.79 Å². The lowest BCUT2D eigenvalue weighted by atomic mass is 10.4. The normalized spacial score (nSPS) is 15.1. The van der Waals surface area contributed by atoms with Crippen LogP contribution in [-0.2, 0) is 19.0 Å². The maximum Gasteiger partial charge on any atom is 0.302 e. The second-order valence-electron chi connectivity index (χ2n) is 3.02. The first-order valence-electron chi connectivity index (χ1n) is 4.34. The molecule has 0 aromatic carbocycles. The lowest BCUT2D eigenvalue weighted by molar-refractivity contribution is -0.149. The van der Waals surface area contributed by atoms with Crippen LogP contribution in [0.1, 0.15) is 20.8 Å². The van der Waals surface area contributed by atoms with Crippen LogP contribution in [0.15, 0.2) is 0 Å². The molecule has 78 valence electrons. The van der Waals surface area contributed by atoms with E-state index in [1.165, 1.54) is 6.92 Å². The summed E-state index contributed by atoms with van der Waals surface area (Å²) < 4.78 is 15.1. The van der Waals surface area contributed by atoms with E-state index in [0.717, 1.165) is 0 Å². The van der Waals surface area contributed by atoms with E-state index in [9.17, 15) is 4.79 Å². The molecule has 0 bridgehead atoms. The van der Waals surface area contributed by atoms with E-state index in [1.54, 1.807) is 14.0 Å². The Morgan fingerprint density at radius 1 is 1.23 bits per heavy atom. The van der Waals surface area contributed by atoms with Crippen molar-refractivity contribution in [1.82, 2.24) is 0 Å². The molecule has 0 aliphatic carbocycles. The highest BCUT2D eigenvalue weighted by molar-refractivity contribution is 5.66. The van der Waals surface area contributed by atoms with Gasteiger partial charge in [0.1, 0.15) is 6.10 Å². The van der Waals surface area contributed by atoms with Crippen molar-refractivity contribution in [3.05, 3.63) is 0 Å². The molecule has 0 fully saturated rings. The standard InChI is InChI=1S/C9H18O4/c1-7(5-11-4)12-6-8(2)13-9(3)10/h7-8H,5-6H2,1-4H3/t7-,8-/m0/s1. The number of esters is 1. The zero-order valence-corrected chi connectivity index (χ0v) is 8.70. The smallest absolute Gasteiger partial charge is 0.302 e. The van der Waals surface area contributed by atoms with Gasteiger partial charge >= 0.3 is 5.97 Å². The second-order valence-corrected chi connectivity index (χ2v) is 3.02. The average molecular weight is 190 g/mol. The predicted molar refractivity (Wildman–Crippen MR) is 48.5 cm³/mol. The van der Waals surface area contributed by atoms with Crippen molar-refractivity contribution < 1.29 is 19.0 Å². The van der Waals surface area contributed by atoms with Crippen LogP contribution >= 0.6 is 0 Å². The van der Waals surface area contributed by atoms with Crippen LogP contribution in [0, 0.1) is 0 Å². The van der Waals surface area contributed by atoms with Crippen LogP contribution in [0.5, 0.6) is 0 Å². The minimum absolute atomic E-state index is 0.0306. The maximum atomic E-state index is 10.5. The first-order valence-corrected chi connectivity index (χ1v) is 4.34. The maximum absolute atomic E-state index is 10.5. The Bertz CT molecular complexity index is 147. The summed E-state index contributed by atoms with van der Waals surface area (Å²) in [6.45, 7) is 6.04. The molecule has 0 aromatic rings. The summed E-state index contributed by atoms with van der Waals surface area (Å²) in [5, 5.41) is 0. The van der Waals surface area contributed by atoms with Crippen molar-refractivity contribution in [2.75, 3.05) is 20.3 Å². The summed E-state index contributed by atoms with van der Waals surface area (Å²) >= 11 is 0. The van der Waals surface area contributed by atoms with E-state index in [1.807, 2.05) is 6.92 Å². The molecular formula is C9H18O4. The Morgan fingerprint density at radius 2 is 1.85 bits per heavy atom. The zero-order valence-electron chi connectivity index (χ0n) is 8.70. The molecule has 0 aromatic heterocycles. The van der Waals surface area contributed by atoms with Crippen molar-refractivity contribution in [2.24, 2.45) is 0 Å². The predicted octanol–water partition coefficient (Wildman–Crippen LogP) is 0.990. The summed E-state index contributed by atoms with van der Waals surface area (Å²) in [6, 6.07) is 0. The summed E-state index contributed by atoms with van der Waals surface area (Å²) in [4.78, 5) is 10.5. The Balaban J connectivity index is 3.45. The second kappa shape index (κ2) is 6.86. The van der Waals surface area contributed by atoms with Gasteiger partial charge < -0.3 is 14.2 Å². The Hall–Kier alpha value is -0.610. The number of hydrogen-bond donors (Lipinski definition) is 0. The molecule has 0 amide bonds. The van der Waals surface area contributed by atoms with E-state index in [2.05, 4.69) is 0 Å². The van der Waals surface area contributed by atoms with Crippen LogP contribution in [-0.4, -0.2) is 38.5 Å². The molecule has 0 rings (SSSR count). The fourth-order valence-corrected chi connectivity index (χ4v) is 0.900. The van der Waals surface area contributed by atoms with Gasteiger partial charge in [-0.05, 0) is 13.8 Å². The summed E-state index contributed by atoms with van der Waals surface area (Å²) in [6.07, 6.45) is -0.167. The van der Waals surface area contributed by atoms with Crippen LogP contribution in [0.2, 0.25) is 0 Å². The SMILES string of the molecule is COC[C@H](C)OC[C@H](C)OC(C)=O. The molecule has 0 N–H and O–H groups in total. The van der Waals surface area contributed by atoms with E-state index in [4.69, 9.17) is 14.2 Å². The highest BCUT2D eigenvalue weighted by atomic mass is 16.6. The van der Waals surface area contributed by atoms with E-state index < -0.39 is 0 Å². The largest absolute Gasteiger partial charge is 0.460 e. The number of carbonyl (C=O) groups excluding carboxylic acids is 1. The van der Waals surface area contributed by atoms with Gasteiger partial charge in [0.15, 0.2) is 0 Å². The minimum Gasteiger partial charge on any atom is -0.460 e. The lowest BCUT2D eigenvalue weighted by Crippen LogP contribution is -2.24. The fraction of sp³-hybridized carbons (Fsp3) is 0.889. The van der Waals surface area contributed by atoms with Gasteiger partial charge in [-0.25, -0.2) is 0 Å². The molecule has 0 heterocycles. The van der Waals surface area contributed by atoms with Crippen LogP contribution < -0.4 is 0 Å². The van der Waals surface area contributed by atoms with Gasteiger partial charge in [0.2, 0.25) is 0 Å². The third kappa shape index (κ3) is 7.74. The van der Waals surface area contributed by atoms with Crippen LogP contribution in [0.3, 0.4) is 0 Å². The molecular weight excluding hydrogens is 172 g/mol. The summed E-state index contributed by atoms with van der Waals surface area (Å²) in [7, 11) is 1.62. The first kappa shape index (κ1) is 12.4. The highest BCUT2D eigenvalue weighted by Crippen LogP contribution is 1.97. The van der Waals surface area contributed by atoms with E-state index >= 15 is 0 Å². The van der Waals surface area contributed by atoms with Gasteiger partial charge in [-0.1, -0.05) is 0 Å². The van der Waals surface area contributed by atoms with Gasteiger partial charge in [-0.15, -0.1) is 0 Å². The molecule has 0 aliphatic heterocycles. The summed E-state index contributed by atoms with van der Waals surface area (Å²) in [5.74, 6) is -0.282. The Labute approximate surface area is 79.2 Å². The number of rotatable bonds is 6. The van der Waals surface area contributed by atoms with Crippen molar-refractivity contribution in [3.63, 3.8) is 0 Å². The van der Waals surface area contributed by atoms with Gasteiger partial charge in [0.05, 0.1) is 19.3 Å². The number of ether oxygens (including phenoxy) is 3. The molecule has 0 saturated carbocycles. The van der Waals surface area contributed by atoms with Crippen LogP contribution in [0.25, 0.3) is 0 Å². The third-order valence-electron chi connectivity index (χ3n) is 1.38. The molecule has 0 unspecified atom stereocenters. The van der Waals surface area contributed by atoms with Gasteiger partial charge in [-0.2, -0.15) is 0 Å². The van der Waals surface area contributed by atoms with Gasteiger partial charge in [0.25, 0.3) is 0 Å². The monoisotopic (exact) mass is 190 g/mol. The van der Waals surface area contributed by atoms with Crippen molar-refractivity contribution in [3.8, 4) is 0 Å². The molecule has 0 aliphatic rings. The molecule has 0 spiro atoms. The molecule has 0 saturated heterocycles. The Morgan fingerprint density at radius 3 is 2.31 bits per heavy atom. The minimum atomic E-state index is -0.282. The molecule has 2 atom stereocenters. The van der Waals surface area contributed by atoms with Crippen molar-refractivity contribution >= 4 is 5.97 Å². The quantitative estimate of drug-likeness (QED) is 0.586.